The lowest BCUT2D eigenvalue weighted by Crippen LogP contribution is -2.49. The molecule has 0 atom stereocenters. The number of rotatable bonds is 2. The third-order valence-electron chi connectivity index (χ3n) is 5.14. The van der Waals surface area contributed by atoms with Gasteiger partial charge in [0.25, 0.3) is 0 Å². The first kappa shape index (κ1) is 14.5. The molecule has 3 heteroatoms. The third-order valence-corrected chi connectivity index (χ3v) is 5.14. The van der Waals surface area contributed by atoms with E-state index in [0.29, 0.717) is 12.5 Å². The first-order valence-corrected chi connectivity index (χ1v) is 8.49. The van der Waals surface area contributed by atoms with Crippen molar-refractivity contribution in [2.24, 2.45) is 0 Å². The van der Waals surface area contributed by atoms with Crippen molar-refractivity contribution >= 4 is 5.91 Å². The van der Waals surface area contributed by atoms with Gasteiger partial charge in [-0.15, -0.1) is 0 Å². The van der Waals surface area contributed by atoms with Crippen molar-refractivity contribution in [3.8, 4) is 11.1 Å². The van der Waals surface area contributed by atoms with Gasteiger partial charge in [-0.3, -0.25) is 9.69 Å². The van der Waals surface area contributed by atoms with E-state index in [1.807, 2.05) is 11.8 Å². The summed E-state index contributed by atoms with van der Waals surface area (Å²) in [6.07, 6.45) is 0.606. The first-order chi connectivity index (χ1) is 11.3. The maximum Gasteiger partial charge on any atom is 0.222 e. The second-order valence-corrected chi connectivity index (χ2v) is 6.35. The largest absolute Gasteiger partial charge is 0.340 e. The first-order valence-electron chi connectivity index (χ1n) is 8.49. The van der Waals surface area contributed by atoms with E-state index in [-0.39, 0.29) is 5.91 Å². The molecule has 2 aliphatic rings. The molecule has 2 aromatic carbocycles. The zero-order valence-electron chi connectivity index (χ0n) is 13.5. The zero-order valence-corrected chi connectivity index (χ0v) is 13.5. The standard InChI is InChI=1S/C20H22N2O/c1-2-19(23)21-11-13-22(14-12-21)20-17-9-5-3-7-15(17)16-8-4-6-10-18(16)20/h3-10,20H,2,11-14H2,1H3. The van der Waals surface area contributed by atoms with Crippen LogP contribution in [0.5, 0.6) is 0 Å². The predicted octanol–water partition coefficient (Wildman–Crippen LogP) is 3.31. The van der Waals surface area contributed by atoms with E-state index >= 15 is 0 Å². The van der Waals surface area contributed by atoms with Crippen molar-refractivity contribution in [3.05, 3.63) is 59.7 Å². The summed E-state index contributed by atoms with van der Waals surface area (Å²) >= 11 is 0. The molecule has 0 unspecified atom stereocenters. The highest BCUT2D eigenvalue weighted by Crippen LogP contribution is 2.46. The van der Waals surface area contributed by atoms with Gasteiger partial charge in [0, 0.05) is 32.6 Å². The Bertz CT molecular complexity index is 686. The van der Waals surface area contributed by atoms with E-state index in [9.17, 15) is 4.79 Å². The maximum atomic E-state index is 11.9. The molecule has 0 radical (unpaired) electrons. The Balaban J connectivity index is 1.64. The minimum Gasteiger partial charge on any atom is -0.340 e. The minimum absolute atomic E-state index is 0.275. The number of amides is 1. The molecule has 0 saturated carbocycles. The van der Waals surface area contributed by atoms with E-state index in [1.165, 1.54) is 22.3 Å². The Morgan fingerprint density at radius 3 is 1.96 bits per heavy atom. The monoisotopic (exact) mass is 306 g/mol. The fourth-order valence-electron chi connectivity index (χ4n) is 3.98. The molecule has 1 amide bonds. The second-order valence-electron chi connectivity index (χ2n) is 6.35. The van der Waals surface area contributed by atoms with Gasteiger partial charge in [-0.1, -0.05) is 55.5 Å². The van der Waals surface area contributed by atoms with E-state index in [4.69, 9.17) is 0 Å². The van der Waals surface area contributed by atoms with Crippen LogP contribution < -0.4 is 0 Å². The van der Waals surface area contributed by atoms with Crippen LogP contribution in [0, 0.1) is 0 Å². The Kier molecular flexibility index (Phi) is 3.66. The molecule has 0 bridgehead atoms. The normalized spacial score (nSPS) is 17.9. The van der Waals surface area contributed by atoms with Crippen LogP contribution in [-0.4, -0.2) is 41.9 Å². The molecule has 118 valence electrons. The molecule has 1 aliphatic carbocycles. The van der Waals surface area contributed by atoms with Gasteiger partial charge in [0.05, 0.1) is 6.04 Å². The summed E-state index contributed by atoms with van der Waals surface area (Å²) in [5.74, 6) is 0.275. The summed E-state index contributed by atoms with van der Waals surface area (Å²) in [4.78, 5) is 16.4. The van der Waals surface area contributed by atoms with E-state index in [2.05, 4.69) is 53.4 Å². The van der Waals surface area contributed by atoms with Crippen molar-refractivity contribution in [2.75, 3.05) is 26.2 Å². The number of carbonyl (C=O) groups excluding carboxylic acids is 1. The molecule has 0 aromatic heterocycles. The number of piperazine rings is 1. The number of carbonyl (C=O) groups is 1. The number of hydrogen-bond donors (Lipinski definition) is 0. The highest BCUT2D eigenvalue weighted by atomic mass is 16.2. The number of fused-ring (bicyclic) bond motifs is 3. The van der Waals surface area contributed by atoms with Gasteiger partial charge < -0.3 is 4.90 Å². The van der Waals surface area contributed by atoms with E-state index in [0.717, 1.165) is 26.2 Å². The SMILES string of the molecule is CCC(=O)N1CCN(C2c3ccccc3-c3ccccc32)CC1. The van der Waals surface area contributed by atoms with Crippen LogP contribution in [0.1, 0.15) is 30.5 Å². The fraction of sp³-hybridized carbons (Fsp3) is 0.350. The smallest absolute Gasteiger partial charge is 0.222 e. The molecule has 1 aliphatic heterocycles. The lowest BCUT2D eigenvalue weighted by molar-refractivity contribution is -0.132. The van der Waals surface area contributed by atoms with Crippen LogP contribution in [0.15, 0.2) is 48.5 Å². The molecule has 1 heterocycles. The molecule has 1 fully saturated rings. The van der Waals surface area contributed by atoms with Crippen molar-refractivity contribution < 1.29 is 4.79 Å². The van der Waals surface area contributed by atoms with Gasteiger partial charge in [0.15, 0.2) is 0 Å². The van der Waals surface area contributed by atoms with Crippen LogP contribution in [0.4, 0.5) is 0 Å². The number of benzene rings is 2. The third kappa shape index (κ3) is 2.36. The Morgan fingerprint density at radius 2 is 1.43 bits per heavy atom. The van der Waals surface area contributed by atoms with Crippen molar-refractivity contribution in [2.45, 2.75) is 19.4 Å². The molecule has 3 nitrogen and oxygen atoms in total. The molecular formula is C20H22N2O. The lowest BCUT2D eigenvalue weighted by atomic mass is 10.0. The maximum absolute atomic E-state index is 11.9. The molecule has 4 rings (SSSR count). The average Bonchev–Trinajstić information content (AvgIpc) is 2.96. The van der Waals surface area contributed by atoms with Gasteiger partial charge in [0.2, 0.25) is 5.91 Å². The van der Waals surface area contributed by atoms with Crippen LogP contribution >= 0.6 is 0 Å². The molecule has 0 N–H and O–H groups in total. The van der Waals surface area contributed by atoms with Crippen molar-refractivity contribution in [3.63, 3.8) is 0 Å². The summed E-state index contributed by atoms with van der Waals surface area (Å²) in [5.41, 5.74) is 5.54. The lowest BCUT2D eigenvalue weighted by Gasteiger charge is -2.38. The minimum atomic E-state index is 0.275. The van der Waals surface area contributed by atoms with Crippen LogP contribution in [-0.2, 0) is 4.79 Å². The van der Waals surface area contributed by atoms with Gasteiger partial charge in [-0.05, 0) is 22.3 Å². The highest BCUT2D eigenvalue weighted by molar-refractivity contribution is 5.78. The fourth-order valence-corrected chi connectivity index (χ4v) is 3.98. The highest BCUT2D eigenvalue weighted by Gasteiger charge is 2.34. The Hall–Kier alpha value is -2.13. The van der Waals surface area contributed by atoms with Gasteiger partial charge in [-0.2, -0.15) is 0 Å². The summed E-state index contributed by atoms with van der Waals surface area (Å²) in [6, 6.07) is 17.8. The van der Waals surface area contributed by atoms with Crippen LogP contribution in [0.3, 0.4) is 0 Å². The van der Waals surface area contributed by atoms with Crippen molar-refractivity contribution in [1.82, 2.24) is 9.80 Å². The van der Waals surface area contributed by atoms with E-state index < -0.39 is 0 Å². The van der Waals surface area contributed by atoms with Crippen LogP contribution in [0.2, 0.25) is 0 Å². The molecule has 1 saturated heterocycles. The zero-order chi connectivity index (χ0) is 15.8. The molecule has 23 heavy (non-hydrogen) atoms. The van der Waals surface area contributed by atoms with Gasteiger partial charge >= 0.3 is 0 Å². The Labute approximate surface area is 137 Å². The van der Waals surface area contributed by atoms with Gasteiger partial charge in [0.1, 0.15) is 0 Å². The summed E-state index contributed by atoms with van der Waals surface area (Å²) in [6.45, 7) is 5.51. The molecular weight excluding hydrogens is 284 g/mol. The second kappa shape index (κ2) is 5.82. The topological polar surface area (TPSA) is 23.6 Å². The summed E-state index contributed by atoms with van der Waals surface area (Å²) in [7, 11) is 0. The molecule has 2 aromatic rings. The Morgan fingerprint density at radius 1 is 0.913 bits per heavy atom. The van der Waals surface area contributed by atoms with E-state index in [1.54, 1.807) is 0 Å². The van der Waals surface area contributed by atoms with Gasteiger partial charge in [-0.25, -0.2) is 0 Å². The summed E-state index contributed by atoms with van der Waals surface area (Å²) in [5, 5.41) is 0. The van der Waals surface area contributed by atoms with Crippen molar-refractivity contribution in [1.29, 1.82) is 0 Å². The summed E-state index contributed by atoms with van der Waals surface area (Å²) < 4.78 is 0. The average molecular weight is 306 g/mol. The number of hydrogen-bond acceptors (Lipinski definition) is 2. The predicted molar refractivity (Wildman–Crippen MR) is 92.2 cm³/mol. The number of nitrogens with zero attached hydrogens (tertiary/aromatic N) is 2. The van der Waals surface area contributed by atoms with Crippen LogP contribution in [0.25, 0.3) is 11.1 Å². The quantitative estimate of drug-likeness (QED) is 0.850. The molecule has 0 spiro atoms.